The highest BCUT2D eigenvalue weighted by atomic mass is 19.1. The van der Waals surface area contributed by atoms with Crippen LogP contribution in [0.4, 0.5) is 4.39 Å². The Labute approximate surface area is 169 Å². The lowest BCUT2D eigenvalue weighted by Crippen LogP contribution is -2.33. The Morgan fingerprint density at radius 1 is 1.03 bits per heavy atom. The van der Waals surface area contributed by atoms with E-state index in [-0.39, 0.29) is 19.1 Å². The number of carbonyl (C=O) groups excluding carboxylic acids is 2. The quantitative estimate of drug-likeness (QED) is 0.617. The van der Waals surface area contributed by atoms with Gasteiger partial charge in [0.05, 0.1) is 19.6 Å². The molecule has 0 aromatic heterocycles. The molecule has 1 amide bonds. The number of hydrogen-bond donors (Lipinski definition) is 1. The van der Waals surface area contributed by atoms with Crippen molar-refractivity contribution in [1.29, 1.82) is 0 Å². The van der Waals surface area contributed by atoms with E-state index in [0.717, 1.165) is 18.6 Å². The summed E-state index contributed by atoms with van der Waals surface area (Å²) in [5.41, 5.74) is 0.422. The van der Waals surface area contributed by atoms with Gasteiger partial charge in [-0.3, -0.25) is 9.59 Å². The topological polar surface area (TPSA) is 73.9 Å². The molecule has 2 aromatic rings. The van der Waals surface area contributed by atoms with Gasteiger partial charge in [0, 0.05) is 11.6 Å². The molecule has 1 aliphatic carbocycles. The predicted molar refractivity (Wildman–Crippen MR) is 104 cm³/mol. The molecule has 1 N–H and O–H groups in total. The Morgan fingerprint density at radius 3 is 2.24 bits per heavy atom. The zero-order chi connectivity index (χ0) is 20.6. The summed E-state index contributed by atoms with van der Waals surface area (Å²) in [6.45, 7) is 2.59. The van der Waals surface area contributed by atoms with Crippen molar-refractivity contribution in [2.45, 2.75) is 38.3 Å². The molecule has 1 aliphatic rings. The molecule has 3 rings (SSSR count). The van der Waals surface area contributed by atoms with Crippen LogP contribution in [0.3, 0.4) is 0 Å². The van der Waals surface area contributed by atoms with Crippen LogP contribution in [0.25, 0.3) is 0 Å². The highest BCUT2D eigenvalue weighted by molar-refractivity contribution is 5.85. The van der Waals surface area contributed by atoms with Gasteiger partial charge in [-0.2, -0.15) is 0 Å². The summed E-state index contributed by atoms with van der Waals surface area (Å²) < 4.78 is 29.5. The van der Waals surface area contributed by atoms with Crippen LogP contribution in [0.2, 0.25) is 0 Å². The van der Waals surface area contributed by atoms with E-state index in [1.807, 2.05) is 6.92 Å². The number of esters is 1. The first-order valence-electron chi connectivity index (χ1n) is 9.66. The molecule has 0 radical (unpaired) electrons. The molecule has 29 heavy (non-hydrogen) atoms. The second-order valence-electron chi connectivity index (χ2n) is 6.71. The molecule has 0 spiro atoms. The Hall–Kier alpha value is -3.09. The summed E-state index contributed by atoms with van der Waals surface area (Å²) in [4.78, 5) is 24.7. The first kappa shape index (κ1) is 20.6. The minimum Gasteiger partial charge on any atom is -0.494 e. The van der Waals surface area contributed by atoms with Crippen molar-refractivity contribution >= 4 is 11.9 Å². The van der Waals surface area contributed by atoms with E-state index in [2.05, 4.69) is 5.32 Å². The first-order chi connectivity index (χ1) is 14.0. The molecule has 0 heterocycles. The largest absolute Gasteiger partial charge is 0.494 e. The summed E-state index contributed by atoms with van der Waals surface area (Å²) in [6.07, 6.45) is 0.674. The second kappa shape index (κ2) is 9.91. The maximum absolute atomic E-state index is 13.2. The van der Waals surface area contributed by atoms with Crippen molar-refractivity contribution in [2.75, 3.05) is 13.2 Å². The summed E-state index contributed by atoms with van der Waals surface area (Å²) in [5.74, 6) is -0.0628. The fraction of sp³-hybridized carbons (Fsp3) is 0.364. The standard InChI is InChI=1S/C22H24FNO5/c1-2-27-18-9-11-19(12-10-18)28-14-13-20(25)29-21(22(26)24-17-7-8-17)15-3-5-16(23)6-4-15/h3-6,9-12,17,21H,2,7-8,13-14H2,1H3,(H,24,26). The number of rotatable bonds is 10. The van der Waals surface area contributed by atoms with Gasteiger partial charge in [-0.25, -0.2) is 4.39 Å². The van der Waals surface area contributed by atoms with E-state index in [0.29, 0.717) is 17.9 Å². The Balaban J connectivity index is 1.53. The summed E-state index contributed by atoms with van der Waals surface area (Å²) in [5, 5.41) is 2.82. The van der Waals surface area contributed by atoms with Crippen molar-refractivity contribution < 1.29 is 28.2 Å². The van der Waals surface area contributed by atoms with Crippen LogP contribution in [0.1, 0.15) is 37.9 Å². The molecule has 1 atom stereocenters. The monoisotopic (exact) mass is 401 g/mol. The normalized spacial score (nSPS) is 14.0. The highest BCUT2D eigenvalue weighted by Gasteiger charge is 2.30. The summed E-state index contributed by atoms with van der Waals surface area (Å²) in [7, 11) is 0. The Morgan fingerprint density at radius 2 is 1.66 bits per heavy atom. The van der Waals surface area contributed by atoms with Gasteiger partial charge in [0.15, 0.2) is 0 Å². The predicted octanol–water partition coefficient (Wildman–Crippen LogP) is 3.56. The number of halogens is 1. The van der Waals surface area contributed by atoms with Gasteiger partial charge >= 0.3 is 5.97 Å². The number of carbonyl (C=O) groups is 2. The maximum atomic E-state index is 13.2. The van der Waals surface area contributed by atoms with Crippen LogP contribution in [0.15, 0.2) is 48.5 Å². The highest BCUT2D eigenvalue weighted by Crippen LogP contribution is 2.24. The third-order valence-corrected chi connectivity index (χ3v) is 4.29. The minimum atomic E-state index is -1.12. The van der Waals surface area contributed by atoms with E-state index >= 15 is 0 Å². The lowest BCUT2D eigenvalue weighted by molar-refractivity contribution is -0.157. The van der Waals surface area contributed by atoms with E-state index in [9.17, 15) is 14.0 Å². The van der Waals surface area contributed by atoms with E-state index in [1.165, 1.54) is 24.3 Å². The molecule has 0 bridgehead atoms. The fourth-order valence-electron chi connectivity index (χ4n) is 2.66. The fourth-order valence-corrected chi connectivity index (χ4v) is 2.66. The molecule has 1 unspecified atom stereocenters. The van der Waals surface area contributed by atoms with Crippen molar-refractivity contribution in [3.8, 4) is 11.5 Å². The summed E-state index contributed by atoms with van der Waals surface area (Å²) >= 11 is 0. The Kier molecular flexibility index (Phi) is 7.05. The molecule has 7 heteroatoms. The van der Waals surface area contributed by atoms with Gasteiger partial charge in [-0.1, -0.05) is 12.1 Å². The van der Waals surface area contributed by atoms with Crippen LogP contribution >= 0.6 is 0 Å². The van der Waals surface area contributed by atoms with Crippen molar-refractivity contribution in [1.82, 2.24) is 5.32 Å². The van der Waals surface area contributed by atoms with Crippen molar-refractivity contribution in [3.63, 3.8) is 0 Å². The number of amides is 1. The third kappa shape index (κ3) is 6.48. The van der Waals surface area contributed by atoms with E-state index in [4.69, 9.17) is 14.2 Å². The lowest BCUT2D eigenvalue weighted by Gasteiger charge is -2.18. The zero-order valence-electron chi connectivity index (χ0n) is 16.2. The van der Waals surface area contributed by atoms with Gasteiger partial charge in [0.25, 0.3) is 5.91 Å². The van der Waals surface area contributed by atoms with Gasteiger partial charge in [0.1, 0.15) is 17.3 Å². The van der Waals surface area contributed by atoms with Gasteiger partial charge < -0.3 is 19.5 Å². The van der Waals surface area contributed by atoms with Crippen LogP contribution in [0.5, 0.6) is 11.5 Å². The van der Waals surface area contributed by atoms with Crippen molar-refractivity contribution in [3.05, 3.63) is 59.9 Å². The molecule has 6 nitrogen and oxygen atoms in total. The minimum absolute atomic E-state index is 0.0262. The van der Waals surface area contributed by atoms with Gasteiger partial charge in [0.2, 0.25) is 6.10 Å². The summed E-state index contributed by atoms with van der Waals surface area (Å²) in [6, 6.07) is 12.5. The van der Waals surface area contributed by atoms with Gasteiger partial charge in [-0.15, -0.1) is 0 Å². The second-order valence-corrected chi connectivity index (χ2v) is 6.71. The number of benzene rings is 2. The van der Waals surface area contributed by atoms with E-state index in [1.54, 1.807) is 24.3 Å². The van der Waals surface area contributed by atoms with Crippen LogP contribution in [-0.2, 0) is 14.3 Å². The van der Waals surface area contributed by atoms with Crippen LogP contribution < -0.4 is 14.8 Å². The lowest BCUT2D eigenvalue weighted by atomic mass is 10.1. The molecule has 0 aliphatic heterocycles. The molecule has 2 aromatic carbocycles. The first-order valence-corrected chi connectivity index (χ1v) is 9.66. The molecule has 1 fully saturated rings. The number of nitrogens with one attached hydrogen (secondary N) is 1. The van der Waals surface area contributed by atoms with Crippen LogP contribution in [-0.4, -0.2) is 31.1 Å². The zero-order valence-corrected chi connectivity index (χ0v) is 16.2. The molecule has 0 saturated heterocycles. The average Bonchev–Trinajstić information content (AvgIpc) is 3.52. The SMILES string of the molecule is CCOc1ccc(OCCC(=O)OC(C(=O)NC2CC2)c2ccc(F)cc2)cc1. The Bertz CT molecular complexity index is 818. The average molecular weight is 401 g/mol. The molecule has 154 valence electrons. The molecular weight excluding hydrogens is 377 g/mol. The third-order valence-electron chi connectivity index (χ3n) is 4.29. The smallest absolute Gasteiger partial charge is 0.310 e. The van der Waals surface area contributed by atoms with E-state index < -0.39 is 23.8 Å². The molecular formula is C22H24FNO5. The van der Waals surface area contributed by atoms with Gasteiger partial charge in [-0.05, 0) is 56.2 Å². The van der Waals surface area contributed by atoms with Crippen molar-refractivity contribution in [2.24, 2.45) is 0 Å². The molecule has 1 saturated carbocycles. The number of hydrogen-bond acceptors (Lipinski definition) is 5. The maximum Gasteiger partial charge on any atom is 0.310 e. The number of ether oxygens (including phenoxy) is 3. The van der Waals surface area contributed by atoms with Crippen LogP contribution in [0, 0.1) is 5.82 Å².